The van der Waals surface area contributed by atoms with Crippen molar-refractivity contribution in [1.29, 1.82) is 0 Å². The van der Waals surface area contributed by atoms with Crippen LogP contribution in [-0.2, 0) is 83.1 Å². The van der Waals surface area contributed by atoms with Gasteiger partial charge in [0.2, 0.25) is 82.7 Å². The number of nitrogens with one attached hydrogen (secondary N) is 12. The first-order valence-corrected chi connectivity index (χ1v) is 37.0. The van der Waals surface area contributed by atoms with E-state index in [-0.39, 0.29) is 121 Å². The topological polar surface area (TPSA) is 781 Å². The van der Waals surface area contributed by atoms with E-state index >= 15 is 0 Å². The summed E-state index contributed by atoms with van der Waals surface area (Å²) in [4.78, 5) is 224. The van der Waals surface area contributed by atoms with Gasteiger partial charge in [-0.15, -0.1) is 0 Å². The Bertz CT molecular complexity index is 3370. The molecule has 636 valence electrons. The number of guanidine groups is 3. The number of carbonyl (C=O) groups excluding carboxylic acids is 14. The molecule has 0 bridgehead atoms. The van der Waals surface area contributed by atoms with Crippen LogP contribution in [0, 0.1) is 11.8 Å². The van der Waals surface area contributed by atoms with Crippen LogP contribution >= 0.6 is 0 Å². The Labute approximate surface area is 656 Å². The third-order valence-electron chi connectivity index (χ3n) is 16.4. The minimum atomic E-state index is -1.72. The van der Waals surface area contributed by atoms with E-state index in [4.69, 9.17) is 73.0 Å². The van der Waals surface area contributed by atoms with E-state index in [1.165, 1.54) is 27.7 Å². The zero-order chi connectivity index (χ0) is 86.0. The second-order valence-electron chi connectivity index (χ2n) is 27.3. The highest BCUT2D eigenvalue weighted by molar-refractivity contribution is 6.00. The summed E-state index contributed by atoms with van der Waals surface area (Å²) >= 11 is 0. The summed E-state index contributed by atoms with van der Waals surface area (Å²) in [6, 6.07) is -8.34. The number of carbonyl (C=O) groups is 16. The Balaban J connectivity index is 0.0000306. The first-order valence-electron chi connectivity index (χ1n) is 37.0. The van der Waals surface area contributed by atoms with Gasteiger partial charge < -0.3 is 137 Å². The molecule has 113 heavy (non-hydrogen) atoms. The van der Waals surface area contributed by atoms with Crippen LogP contribution < -0.4 is 127 Å². The standard InChI is InChI=1S/C67H118N26O16.C2H4O2/c1-35(2)31-46(62(106)88-44(23-16-30-81-67(77)78)58(102)89-45(24-25-49(71)94)60(104)87-42(21-11-13-27-69)59(103)92-48(33-50(72)95)63(107)93-52(36(3)4)64(108)109)90-53(97)37(5)83-51(96)34-82-56(100)41(20-10-12-26-68)86-57(101)43(22-15-29-80-66(75)76)85-54(98)38(6)84-61(105)47(32-39-17-8-7-9-18-39)91-55(99)40(70)19-14-28-79-65(73)74;1-2(3)4/h7-9,17-18,35-38,40-48,52H,10-16,19-34,68-70H2,1-6H3,(H2,71,94)(H2,72,95)(H,82,100)(H,83,96)(H,84,105)(H,85,98)(H,86,101)(H,87,104)(H,88,106)(H,89,102)(H,90,97)(H,91,99)(H,92,103)(H,93,107)(H,108,109)(H4,73,74,79)(H4,75,76,80)(H4,77,78,81);1H3,(H,3,4)/t37-,38-,40-,41-,42-,43-,44-,45-,46-,47-,48-,52-;/m0./s1. The normalized spacial score (nSPS) is 14.0. The molecule has 0 saturated heterocycles. The Morgan fingerprint density at radius 3 is 1.17 bits per heavy atom. The minimum Gasteiger partial charge on any atom is -0.481 e. The fraction of sp³-hybridized carbons (Fsp3) is 0.638. The predicted octanol–water partition coefficient (Wildman–Crippen LogP) is -8.52. The minimum absolute atomic E-state index is 0.00368. The Kier molecular flexibility index (Phi) is 50.1. The van der Waals surface area contributed by atoms with Crippen LogP contribution in [0.2, 0.25) is 0 Å². The number of hydrogen-bond acceptors (Lipinski definition) is 22. The van der Waals surface area contributed by atoms with Gasteiger partial charge in [0.05, 0.1) is 19.0 Å². The monoisotopic (exact) mass is 1600 g/mol. The number of nitrogens with two attached hydrogens (primary N) is 11. The highest BCUT2D eigenvalue weighted by Gasteiger charge is 2.37. The Hall–Kier alpha value is -11.6. The lowest BCUT2D eigenvalue weighted by molar-refractivity contribution is -0.143. The smallest absolute Gasteiger partial charge is 0.326 e. The SMILES string of the molecule is CC(=O)O.CC(C)C[C@H](NC(=O)[C@H](C)NC(=O)CNC(=O)[C@H](CCCCN)NC(=O)[C@H](CCCN=C(N)N)NC(=O)[C@H](C)NC(=O)[C@H](Cc1ccccc1)NC(=O)[C@@H](N)CCCN=C(N)N)C(=O)N[C@@H](CCCN=C(N)N)C(=O)N[C@@H](CCC(N)=O)C(=O)N[C@@H](CCCCN)C(=O)N[C@@H](CC(N)=O)C(=O)N[C@H](C(=O)O)C(C)C. The van der Waals surface area contributed by atoms with E-state index in [0.29, 0.717) is 31.2 Å². The molecule has 0 saturated carbocycles. The highest BCUT2D eigenvalue weighted by Crippen LogP contribution is 2.13. The Morgan fingerprint density at radius 1 is 0.398 bits per heavy atom. The summed E-state index contributed by atoms with van der Waals surface area (Å²) in [6.07, 6.45) is -0.392. The average molecular weight is 1600 g/mol. The molecule has 0 radical (unpaired) electrons. The number of unbranched alkanes of at least 4 members (excludes halogenated alkanes) is 2. The number of benzene rings is 1. The molecule has 0 aromatic heterocycles. The van der Waals surface area contributed by atoms with Gasteiger partial charge >= 0.3 is 5.97 Å². The molecule has 0 aliphatic carbocycles. The maximum Gasteiger partial charge on any atom is 0.326 e. The van der Waals surface area contributed by atoms with Crippen LogP contribution in [0.1, 0.15) is 157 Å². The second-order valence-corrected chi connectivity index (χ2v) is 27.3. The van der Waals surface area contributed by atoms with Crippen molar-refractivity contribution in [3.63, 3.8) is 0 Å². The lowest BCUT2D eigenvalue weighted by Gasteiger charge is -2.28. The van der Waals surface area contributed by atoms with Crippen LogP contribution in [0.25, 0.3) is 0 Å². The maximum absolute atomic E-state index is 14.4. The van der Waals surface area contributed by atoms with Crippen LogP contribution in [-0.4, -0.2) is 235 Å². The van der Waals surface area contributed by atoms with Crippen LogP contribution in [0.4, 0.5) is 0 Å². The van der Waals surface area contributed by atoms with Crippen molar-refractivity contribution in [2.45, 2.75) is 230 Å². The van der Waals surface area contributed by atoms with E-state index < -0.39 is 199 Å². The van der Waals surface area contributed by atoms with Crippen molar-refractivity contribution in [2.75, 3.05) is 39.3 Å². The number of rotatable bonds is 55. The summed E-state index contributed by atoms with van der Waals surface area (Å²) in [7, 11) is 0. The van der Waals surface area contributed by atoms with Gasteiger partial charge in [0.15, 0.2) is 17.9 Å². The van der Waals surface area contributed by atoms with Crippen LogP contribution in [0.15, 0.2) is 45.3 Å². The van der Waals surface area contributed by atoms with Crippen molar-refractivity contribution in [3.05, 3.63) is 35.9 Å². The number of hydrogen-bond donors (Lipinski definition) is 25. The zero-order valence-electron chi connectivity index (χ0n) is 65.4. The third-order valence-corrected chi connectivity index (χ3v) is 16.4. The molecule has 0 spiro atoms. The number of carboxylic acid groups (broad SMARTS) is 2. The molecule has 1 rings (SSSR count). The molecule has 44 nitrogen and oxygen atoms in total. The van der Waals surface area contributed by atoms with Gasteiger partial charge in [0, 0.05) is 39.4 Å². The molecule has 14 amide bonds. The van der Waals surface area contributed by atoms with Gasteiger partial charge in [-0.2, -0.15) is 0 Å². The summed E-state index contributed by atoms with van der Waals surface area (Å²) in [5.41, 5.74) is 62.0. The fourth-order valence-corrected chi connectivity index (χ4v) is 10.5. The molecule has 12 atom stereocenters. The van der Waals surface area contributed by atoms with Gasteiger partial charge in [-0.05, 0) is 134 Å². The lowest BCUT2D eigenvalue weighted by Crippen LogP contribution is -2.60. The maximum atomic E-state index is 14.4. The summed E-state index contributed by atoms with van der Waals surface area (Å²) in [5, 5.41) is 47.2. The number of nitrogens with zero attached hydrogens (tertiary/aromatic N) is 3. The van der Waals surface area contributed by atoms with Gasteiger partial charge in [0.1, 0.15) is 66.5 Å². The molecule has 1 aromatic rings. The van der Waals surface area contributed by atoms with Gasteiger partial charge in [-0.25, -0.2) is 4.79 Å². The summed E-state index contributed by atoms with van der Waals surface area (Å²) in [5.74, 6) is -16.8. The van der Waals surface area contributed by atoms with Crippen molar-refractivity contribution >= 4 is 113 Å². The molecule has 1 aromatic carbocycles. The van der Waals surface area contributed by atoms with E-state index in [1.54, 1.807) is 44.2 Å². The van der Waals surface area contributed by atoms with Gasteiger partial charge in [0.25, 0.3) is 5.97 Å². The van der Waals surface area contributed by atoms with Gasteiger partial charge in [-0.3, -0.25) is 86.9 Å². The van der Waals surface area contributed by atoms with Crippen molar-refractivity contribution in [1.82, 2.24) is 63.8 Å². The molecule has 0 unspecified atom stereocenters. The first-order chi connectivity index (χ1) is 53.0. The van der Waals surface area contributed by atoms with Crippen LogP contribution in [0.5, 0.6) is 0 Å². The molecule has 0 heterocycles. The first kappa shape index (κ1) is 101. The third kappa shape index (κ3) is 46.0. The number of primary amides is 2. The van der Waals surface area contributed by atoms with E-state index in [1.807, 2.05) is 0 Å². The van der Waals surface area contributed by atoms with Crippen LogP contribution in [0.3, 0.4) is 0 Å². The number of carboxylic acids is 2. The molecule has 0 fully saturated rings. The van der Waals surface area contributed by atoms with E-state index in [2.05, 4.69) is 78.8 Å². The van der Waals surface area contributed by atoms with E-state index in [9.17, 15) is 77.0 Å². The summed E-state index contributed by atoms with van der Waals surface area (Å²) < 4.78 is 0. The average Bonchev–Trinajstić information content (AvgIpc) is 0.863. The number of aliphatic carboxylic acids is 2. The van der Waals surface area contributed by atoms with E-state index in [0.717, 1.165) is 6.92 Å². The zero-order valence-corrected chi connectivity index (χ0v) is 65.4. The Morgan fingerprint density at radius 2 is 0.761 bits per heavy atom. The molecule has 36 N–H and O–H groups in total. The van der Waals surface area contributed by atoms with Crippen molar-refractivity contribution < 1.29 is 86.9 Å². The fourth-order valence-electron chi connectivity index (χ4n) is 10.5. The predicted molar refractivity (Wildman–Crippen MR) is 417 cm³/mol. The number of aliphatic imine (C=N–C) groups is 3. The van der Waals surface area contributed by atoms with Crippen molar-refractivity contribution in [3.8, 4) is 0 Å². The molecule has 0 aliphatic heterocycles. The lowest BCUT2D eigenvalue weighted by atomic mass is 10.0. The summed E-state index contributed by atoms with van der Waals surface area (Å²) in [6.45, 7) is 9.89. The largest absolute Gasteiger partial charge is 0.481 e. The van der Waals surface area contributed by atoms with Gasteiger partial charge in [-0.1, -0.05) is 58.0 Å². The van der Waals surface area contributed by atoms with Crippen molar-refractivity contribution in [2.24, 2.45) is 89.9 Å². The quantitative estimate of drug-likeness (QED) is 0.0164. The second kappa shape index (κ2) is 55.8. The highest BCUT2D eigenvalue weighted by atomic mass is 16.4. The molecule has 44 heteroatoms. The molecular weight excluding hydrogens is 1480 g/mol. The molecule has 0 aliphatic rings. The molecular formula is C69H122N26O18. The number of amides is 14.